The Morgan fingerprint density at radius 2 is 2.12 bits per heavy atom. The highest BCUT2D eigenvalue weighted by atomic mass is 16.5. The minimum absolute atomic E-state index is 0.0267. The molecule has 2 saturated heterocycles. The number of nitrogens with zero attached hydrogens (tertiary/aromatic N) is 4. The Balaban J connectivity index is 1.50. The SMILES string of the molecule is Cc1nc(NC2CCOC3(CCOCC3)C2)cc(-n2cccn2)n1. The molecule has 0 amide bonds. The average molecular weight is 329 g/mol. The standard InChI is InChI=1S/C17H23N5O2/c1-13-19-15(11-16(20-13)22-7-2-6-18-22)21-14-3-8-24-17(12-14)4-9-23-10-5-17/h2,6-7,11,14H,3-5,8-10,12H2,1H3,(H,19,20,21). The summed E-state index contributed by atoms with van der Waals surface area (Å²) >= 11 is 0. The maximum absolute atomic E-state index is 6.11. The topological polar surface area (TPSA) is 74.1 Å². The van der Waals surface area contributed by atoms with Crippen molar-refractivity contribution in [2.45, 2.75) is 44.2 Å². The molecule has 2 aromatic heterocycles. The monoisotopic (exact) mass is 329 g/mol. The fourth-order valence-corrected chi connectivity index (χ4v) is 3.60. The molecule has 1 N–H and O–H groups in total. The largest absolute Gasteiger partial charge is 0.381 e. The molecule has 4 rings (SSSR count). The Morgan fingerprint density at radius 1 is 1.25 bits per heavy atom. The van der Waals surface area contributed by atoms with Gasteiger partial charge in [-0.2, -0.15) is 5.10 Å². The highest BCUT2D eigenvalue weighted by Gasteiger charge is 2.39. The maximum Gasteiger partial charge on any atom is 0.159 e. The first-order chi connectivity index (χ1) is 11.7. The summed E-state index contributed by atoms with van der Waals surface area (Å²) in [7, 11) is 0. The molecule has 4 heterocycles. The van der Waals surface area contributed by atoms with Crippen LogP contribution in [0.4, 0.5) is 5.82 Å². The predicted molar refractivity (Wildman–Crippen MR) is 89.3 cm³/mol. The van der Waals surface area contributed by atoms with Gasteiger partial charge in [0.2, 0.25) is 0 Å². The molecule has 2 aromatic rings. The molecular formula is C17H23N5O2. The van der Waals surface area contributed by atoms with E-state index in [0.717, 1.165) is 63.0 Å². The molecule has 2 fully saturated rings. The Kier molecular flexibility index (Phi) is 4.20. The van der Waals surface area contributed by atoms with Gasteiger partial charge in [-0.25, -0.2) is 14.6 Å². The van der Waals surface area contributed by atoms with Crippen LogP contribution in [-0.4, -0.2) is 51.2 Å². The maximum atomic E-state index is 6.11. The van der Waals surface area contributed by atoms with Crippen LogP contribution in [0.25, 0.3) is 5.82 Å². The molecule has 1 unspecified atom stereocenters. The summed E-state index contributed by atoms with van der Waals surface area (Å²) in [5, 5.41) is 7.83. The first kappa shape index (κ1) is 15.5. The molecule has 24 heavy (non-hydrogen) atoms. The van der Waals surface area contributed by atoms with Gasteiger partial charge in [0.05, 0.1) is 5.60 Å². The molecule has 0 aromatic carbocycles. The Hall–Kier alpha value is -1.99. The van der Waals surface area contributed by atoms with Gasteiger partial charge >= 0.3 is 0 Å². The Morgan fingerprint density at radius 3 is 2.92 bits per heavy atom. The van der Waals surface area contributed by atoms with Crippen LogP contribution in [0.5, 0.6) is 0 Å². The zero-order valence-electron chi connectivity index (χ0n) is 13.9. The minimum Gasteiger partial charge on any atom is -0.381 e. The van der Waals surface area contributed by atoms with Crippen LogP contribution >= 0.6 is 0 Å². The van der Waals surface area contributed by atoms with Crippen molar-refractivity contribution in [3.05, 3.63) is 30.4 Å². The summed E-state index contributed by atoms with van der Waals surface area (Å²) < 4.78 is 13.4. The van der Waals surface area contributed by atoms with Gasteiger partial charge in [0, 0.05) is 44.3 Å². The second-order valence-electron chi connectivity index (χ2n) is 6.59. The number of aryl methyl sites for hydroxylation is 1. The van der Waals surface area contributed by atoms with Crippen molar-refractivity contribution in [2.24, 2.45) is 0 Å². The molecule has 1 spiro atoms. The van der Waals surface area contributed by atoms with Crippen molar-refractivity contribution in [1.29, 1.82) is 0 Å². The summed E-state index contributed by atoms with van der Waals surface area (Å²) in [6.45, 7) is 4.28. The molecule has 0 aliphatic carbocycles. The third kappa shape index (κ3) is 3.27. The van der Waals surface area contributed by atoms with E-state index in [1.165, 1.54) is 0 Å². The van der Waals surface area contributed by atoms with Crippen molar-refractivity contribution < 1.29 is 9.47 Å². The molecule has 7 heteroatoms. The summed E-state index contributed by atoms with van der Waals surface area (Å²) in [4.78, 5) is 9.00. The molecule has 0 saturated carbocycles. The van der Waals surface area contributed by atoms with E-state index in [2.05, 4.69) is 20.4 Å². The van der Waals surface area contributed by atoms with Crippen LogP contribution in [0.2, 0.25) is 0 Å². The molecular weight excluding hydrogens is 306 g/mol. The van der Waals surface area contributed by atoms with Crippen LogP contribution in [-0.2, 0) is 9.47 Å². The van der Waals surface area contributed by atoms with Gasteiger partial charge < -0.3 is 14.8 Å². The number of aromatic nitrogens is 4. The summed E-state index contributed by atoms with van der Waals surface area (Å²) in [5.41, 5.74) is -0.0267. The fraction of sp³-hybridized carbons (Fsp3) is 0.588. The molecule has 2 aliphatic rings. The van der Waals surface area contributed by atoms with Gasteiger partial charge in [0.15, 0.2) is 5.82 Å². The molecule has 0 radical (unpaired) electrons. The van der Waals surface area contributed by atoms with Crippen LogP contribution in [0.3, 0.4) is 0 Å². The van der Waals surface area contributed by atoms with Gasteiger partial charge in [-0.3, -0.25) is 0 Å². The molecule has 1 atom stereocenters. The third-order valence-electron chi connectivity index (χ3n) is 4.81. The zero-order valence-corrected chi connectivity index (χ0v) is 13.9. The van der Waals surface area contributed by atoms with Gasteiger partial charge in [0.1, 0.15) is 11.6 Å². The van der Waals surface area contributed by atoms with E-state index < -0.39 is 0 Å². The fourth-order valence-electron chi connectivity index (χ4n) is 3.60. The number of rotatable bonds is 3. The van der Waals surface area contributed by atoms with Crippen molar-refractivity contribution in [2.75, 3.05) is 25.1 Å². The van der Waals surface area contributed by atoms with Crippen LogP contribution in [0.1, 0.15) is 31.5 Å². The van der Waals surface area contributed by atoms with Crippen molar-refractivity contribution in [1.82, 2.24) is 19.7 Å². The molecule has 128 valence electrons. The number of ether oxygens (including phenoxy) is 2. The normalized spacial score (nSPS) is 23.3. The van der Waals surface area contributed by atoms with Gasteiger partial charge in [-0.15, -0.1) is 0 Å². The lowest BCUT2D eigenvalue weighted by Gasteiger charge is -2.43. The number of hydrogen-bond acceptors (Lipinski definition) is 6. The van der Waals surface area contributed by atoms with Crippen molar-refractivity contribution in [3.8, 4) is 5.82 Å². The zero-order chi connectivity index (χ0) is 16.4. The van der Waals surface area contributed by atoms with E-state index in [0.29, 0.717) is 6.04 Å². The molecule has 2 aliphatic heterocycles. The highest BCUT2D eigenvalue weighted by molar-refractivity contribution is 5.42. The van der Waals surface area contributed by atoms with E-state index in [1.807, 2.05) is 25.3 Å². The first-order valence-electron chi connectivity index (χ1n) is 8.56. The number of hydrogen-bond donors (Lipinski definition) is 1. The lowest BCUT2D eigenvalue weighted by atomic mass is 9.84. The van der Waals surface area contributed by atoms with E-state index >= 15 is 0 Å². The van der Waals surface area contributed by atoms with Crippen molar-refractivity contribution in [3.63, 3.8) is 0 Å². The van der Waals surface area contributed by atoms with Gasteiger partial charge in [-0.05, 0) is 38.7 Å². The average Bonchev–Trinajstić information content (AvgIpc) is 3.10. The predicted octanol–water partition coefficient (Wildman–Crippen LogP) is 2.11. The first-order valence-corrected chi connectivity index (χ1v) is 8.56. The lowest BCUT2D eigenvalue weighted by Crippen LogP contribution is -2.47. The van der Waals surface area contributed by atoms with Crippen LogP contribution in [0.15, 0.2) is 24.5 Å². The van der Waals surface area contributed by atoms with Crippen LogP contribution in [0, 0.1) is 6.92 Å². The Bertz CT molecular complexity index is 677. The smallest absolute Gasteiger partial charge is 0.159 e. The van der Waals surface area contributed by atoms with E-state index in [-0.39, 0.29) is 5.60 Å². The summed E-state index contributed by atoms with van der Waals surface area (Å²) in [5.74, 6) is 2.36. The van der Waals surface area contributed by atoms with Crippen molar-refractivity contribution >= 4 is 5.82 Å². The molecule has 0 bridgehead atoms. The van der Waals surface area contributed by atoms with Gasteiger partial charge in [0.25, 0.3) is 0 Å². The quantitative estimate of drug-likeness (QED) is 0.930. The van der Waals surface area contributed by atoms with E-state index in [1.54, 1.807) is 10.9 Å². The van der Waals surface area contributed by atoms with Crippen LogP contribution < -0.4 is 5.32 Å². The number of nitrogens with one attached hydrogen (secondary N) is 1. The second kappa shape index (κ2) is 6.49. The lowest BCUT2D eigenvalue weighted by molar-refractivity contribution is -0.135. The summed E-state index contributed by atoms with van der Waals surface area (Å²) in [6.07, 6.45) is 7.58. The number of anilines is 1. The van der Waals surface area contributed by atoms with E-state index in [9.17, 15) is 0 Å². The van der Waals surface area contributed by atoms with Gasteiger partial charge in [-0.1, -0.05) is 0 Å². The molecule has 7 nitrogen and oxygen atoms in total. The highest BCUT2D eigenvalue weighted by Crippen LogP contribution is 2.35. The summed E-state index contributed by atoms with van der Waals surface area (Å²) in [6, 6.07) is 4.20. The Labute approximate surface area is 141 Å². The third-order valence-corrected chi connectivity index (χ3v) is 4.81. The minimum atomic E-state index is -0.0267. The van der Waals surface area contributed by atoms with E-state index in [4.69, 9.17) is 9.47 Å². The second-order valence-corrected chi connectivity index (χ2v) is 6.59.